The van der Waals surface area contributed by atoms with Crippen LogP contribution in [0.4, 0.5) is 5.69 Å². The molecule has 2 aromatic carbocycles. The maximum Gasteiger partial charge on any atom is 0.191 e. The van der Waals surface area contributed by atoms with E-state index in [4.69, 9.17) is 17.0 Å². The minimum Gasteiger partial charge on any atom is -0.496 e. The minimum atomic E-state index is 0.466. The van der Waals surface area contributed by atoms with Crippen molar-refractivity contribution in [3.8, 4) is 5.75 Å². The van der Waals surface area contributed by atoms with Crippen molar-refractivity contribution in [1.29, 1.82) is 0 Å². The first-order valence-electron chi connectivity index (χ1n) is 7.82. The van der Waals surface area contributed by atoms with E-state index in [9.17, 15) is 0 Å². The molecular weight excluding hydrogens is 320 g/mol. The second-order valence-electron chi connectivity index (χ2n) is 5.44. The van der Waals surface area contributed by atoms with Crippen LogP contribution in [0.2, 0.25) is 0 Å². The lowest BCUT2D eigenvalue weighted by Crippen LogP contribution is -2.28. The van der Waals surface area contributed by atoms with Gasteiger partial charge in [0.05, 0.1) is 13.3 Å². The monoisotopic (exact) mass is 340 g/mol. The Bertz CT molecular complexity index is 760. The van der Waals surface area contributed by atoms with Gasteiger partial charge in [-0.1, -0.05) is 24.3 Å². The number of fused-ring (bicyclic) bond motifs is 1. The number of para-hydroxylation sites is 1. The third-order valence-electron chi connectivity index (χ3n) is 3.90. The zero-order valence-corrected chi connectivity index (χ0v) is 14.3. The molecule has 0 atom stereocenters. The summed E-state index contributed by atoms with van der Waals surface area (Å²) in [7, 11) is 1.64. The van der Waals surface area contributed by atoms with Crippen LogP contribution < -0.4 is 20.8 Å². The molecule has 0 saturated carbocycles. The van der Waals surface area contributed by atoms with Crippen LogP contribution in [0.3, 0.4) is 0 Å². The van der Waals surface area contributed by atoms with Crippen molar-refractivity contribution in [2.24, 2.45) is 5.10 Å². The average Bonchev–Trinajstić information content (AvgIpc) is 2.62. The van der Waals surface area contributed by atoms with Crippen LogP contribution in [-0.4, -0.2) is 25.0 Å². The van der Waals surface area contributed by atoms with Crippen molar-refractivity contribution in [1.82, 2.24) is 10.7 Å². The number of hydrogen-bond acceptors (Lipinski definition) is 4. The Balaban J connectivity index is 1.63. The second kappa shape index (κ2) is 7.90. The highest BCUT2D eigenvalue weighted by molar-refractivity contribution is 7.80. The number of hydrazone groups is 1. The lowest BCUT2D eigenvalue weighted by atomic mass is 9.99. The van der Waals surface area contributed by atoms with Gasteiger partial charge in [0.25, 0.3) is 0 Å². The van der Waals surface area contributed by atoms with Gasteiger partial charge in [0.1, 0.15) is 5.75 Å². The van der Waals surface area contributed by atoms with Crippen LogP contribution in [0.1, 0.15) is 16.7 Å². The molecule has 0 aromatic heterocycles. The zero-order chi connectivity index (χ0) is 16.8. The highest BCUT2D eigenvalue weighted by atomic mass is 32.1. The molecule has 2 aromatic rings. The first kappa shape index (κ1) is 16.4. The van der Waals surface area contributed by atoms with E-state index >= 15 is 0 Å². The molecule has 0 fully saturated rings. The van der Waals surface area contributed by atoms with Crippen molar-refractivity contribution >= 4 is 29.2 Å². The Kier molecular flexibility index (Phi) is 5.40. The Morgan fingerprint density at radius 3 is 3.00 bits per heavy atom. The van der Waals surface area contributed by atoms with E-state index in [-0.39, 0.29) is 0 Å². The predicted molar refractivity (Wildman–Crippen MR) is 102 cm³/mol. The lowest BCUT2D eigenvalue weighted by Gasteiger charge is -2.21. The number of benzene rings is 2. The Labute approximate surface area is 147 Å². The third kappa shape index (κ3) is 3.90. The van der Waals surface area contributed by atoms with Crippen LogP contribution in [0.5, 0.6) is 5.75 Å². The first-order valence-corrected chi connectivity index (χ1v) is 8.23. The quantitative estimate of drug-likeness (QED) is 0.454. The topological polar surface area (TPSA) is 57.7 Å². The van der Waals surface area contributed by atoms with Gasteiger partial charge in [-0.2, -0.15) is 5.10 Å². The fraction of sp³-hybridized carbons (Fsp3) is 0.222. The molecule has 1 heterocycles. The zero-order valence-electron chi connectivity index (χ0n) is 13.5. The largest absolute Gasteiger partial charge is 0.496 e. The van der Waals surface area contributed by atoms with E-state index in [0.29, 0.717) is 5.11 Å². The SMILES string of the molecule is COc1ccccc1C=NNC(=S)Nc1cccc2c1CCNC2. The Morgan fingerprint density at radius 1 is 1.25 bits per heavy atom. The van der Waals surface area contributed by atoms with Gasteiger partial charge < -0.3 is 15.4 Å². The summed E-state index contributed by atoms with van der Waals surface area (Å²) in [5.41, 5.74) is 7.41. The maximum absolute atomic E-state index is 5.33. The lowest BCUT2D eigenvalue weighted by molar-refractivity contribution is 0.414. The van der Waals surface area contributed by atoms with Crippen molar-refractivity contribution in [2.45, 2.75) is 13.0 Å². The van der Waals surface area contributed by atoms with E-state index in [1.54, 1.807) is 13.3 Å². The molecule has 6 heteroatoms. The second-order valence-corrected chi connectivity index (χ2v) is 5.84. The standard InChI is InChI=1S/C18H20N4OS/c1-23-17-8-3-2-5-14(17)12-20-22-18(24)21-16-7-4-6-13-11-19-10-9-15(13)16/h2-8,12,19H,9-11H2,1H3,(H2,21,22,24). The molecule has 5 nitrogen and oxygen atoms in total. The molecule has 0 radical (unpaired) electrons. The van der Waals surface area contributed by atoms with E-state index in [1.165, 1.54) is 11.1 Å². The Hall–Kier alpha value is -2.44. The number of ether oxygens (including phenoxy) is 1. The third-order valence-corrected chi connectivity index (χ3v) is 4.09. The van der Waals surface area contributed by atoms with Crippen LogP contribution in [0.15, 0.2) is 47.6 Å². The molecule has 0 aliphatic carbocycles. The normalized spacial score (nSPS) is 13.4. The number of rotatable bonds is 4. The summed E-state index contributed by atoms with van der Waals surface area (Å²) in [6.45, 7) is 1.88. The molecule has 3 N–H and O–H groups in total. The number of anilines is 1. The summed E-state index contributed by atoms with van der Waals surface area (Å²) >= 11 is 5.33. The van der Waals surface area contributed by atoms with Crippen molar-refractivity contribution in [3.63, 3.8) is 0 Å². The number of nitrogens with one attached hydrogen (secondary N) is 3. The molecule has 0 amide bonds. The molecule has 0 bridgehead atoms. The molecule has 0 saturated heterocycles. The molecule has 3 rings (SSSR count). The molecule has 124 valence electrons. The minimum absolute atomic E-state index is 0.466. The number of thiocarbonyl (C=S) groups is 1. The molecule has 24 heavy (non-hydrogen) atoms. The average molecular weight is 340 g/mol. The van der Waals surface area contributed by atoms with Crippen LogP contribution in [0.25, 0.3) is 0 Å². The van der Waals surface area contributed by atoms with Gasteiger partial charge in [0, 0.05) is 17.8 Å². The van der Waals surface area contributed by atoms with Gasteiger partial charge in [-0.25, -0.2) is 0 Å². The van der Waals surface area contributed by atoms with Gasteiger partial charge in [0.2, 0.25) is 0 Å². The molecule has 1 aliphatic rings. The van der Waals surface area contributed by atoms with Gasteiger partial charge in [-0.05, 0) is 54.5 Å². The summed E-state index contributed by atoms with van der Waals surface area (Å²) in [6.07, 6.45) is 2.68. The van der Waals surface area contributed by atoms with Gasteiger partial charge >= 0.3 is 0 Å². The first-order chi connectivity index (χ1) is 11.8. The summed E-state index contributed by atoms with van der Waals surface area (Å²) in [6, 6.07) is 13.9. The fourth-order valence-electron chi connectivity index (χ4n) is 2.73. The summed E-state index contributed by atoms with van der Waals surface area (Å²) < 4.78 is 5.29. The highest BCUT2D eigenvalue weighted by Gasteiger charge is 2.12. The molecule has 0 spiro atoms. The maximum atomic E-state index is 5.33. The van der Waals surface area contributed by atoms with E-state index in [1.807, 2.05) is 36.4 Å². The molecular formula is C18H20N4OS. The van der Waals surface area contributed by atoms with E-state index in [0.717, 1.165) is 36.5 Å². The van der Waals surface area contributed by atoms with Gasteiger partial charge in [-0.15, -0.1) is 0 Å². The van der Waals surface area contributed by atoms with Gasteiger partial charge in [-0.3, -0.25) is 5.43 Å². The van der Waals surface area contributed by atoms with Crippen molar-refractivity contribution in [2.75, 3.05) is 19.0 Å². The van der Waals surface area contributed by atoms with Crippen LogP contribution >= 0.6 is 12.2 Å². The summed E-state index contributed by atoms with van der Waals surface area (Å²) in [5, 5.41) is 11.3. The van der Waals surface area contributed by atoms with Crippen molar-refractivity contribution in [3.05, 3.63) is 59.2 Å². The number of hydrogen-bond donors (Lipinski definition) is 3. The fourth-order valence-corrected chi connectivity index (χ4v) is 2.90. The predicted octanol–water partition coefficient (Wildman–Crippen LogP) is 2.66. The summed E-state index contributed by atoms with van der Waals surface area (Å²) in [5.74, 6) is 0.770. The Morgan fingerprint density at radius 2 is 2.12 bits per heavy atom. The van der Waals surface area contributed by atoms with Crippen molar-refractivity contribution < 1.29 is 4.74 Å². The molecule has 1 aliphatic heterocycles. The number of methoxy groups -OCH3 is 1. The van der Waals surface area contributed by atoms with Gasteiger partial charge in [0.15, 0.2) is 5.11 Å². The number of nitrogens with zero attached hydrogens (tertiary/aromatic N) is 1. The summed E-state index contributed by atoms with van der Waals surface area (Å²) in [4.78, 5) is 0. The molecule has 0 unspecified atom stereocenters. The van der Waals surface area contributed by atoms with Crippen LogP contribution in [0, 0.1) is 0 Å². The highest BCUT2D eigenvalue weighted by Crippen LogP contribution is 2.23. The van der Waals surface area contributed by atoms with E-state index in [2.05, 4.69) is 27.2 Å². The smallest absolute Gasteiger partial charge is 0.191 e. The van der Waals surface area contributed by atoms with Crippen LogP contribution in [-0.2, 0) is 13.0 Å². The van der Waals surface area contributed by atoms with E-state index < -0.39 is 0 Å².